The molecule has 1 amide bonds. The van der Waals surface area contributed by atoms with Gasteiger partial charge in [0.25, 0.3) is 0 Å². The molecule has 1 atom stereocenters. The third-order valence-electron chi connectivity index (χ3n) is 5.07. The van der Waals surface area contributed by atoms with Crippen molar-refractivity contribution in [2.75, 3.05) is 25.1 Å². The molecule has 0 aliphatic carbocycles. The van der Waals surface area contributed by atoms with Gasteiger partial charge in [0.2, 0.25) is 11.9 Å². The molecule has 0 spiro atoms. The molecule has 25 heavy (non-hydrogen) atoms. The summed E-state index contributed by atoms with van der Waals surface area (Å²) >= 11 is 0. The van der Waals surface area contributed by atoms with E-state index in [1.165, 1.54) is 0 Å². The van der Waals surface area contributed by atoms with Gasteiger partial charge in [-0.05, 0) is 31.2 Å². The van der Waals surface area contributed by atoms with E-state index in [0.717, 1.165) is 25.0 Å². The van der Waals surface area contributed by atoms with E-state index in [2.05, 4.69) is 20.5 Å². The Kier molecular flexibility index (Phi) is 4.50. The smallest absolute Gasteiger partial charge is 0.248 e. The van der Waals surface area contributed by atoms with Crippen LogP contribution in [0.4, 0.5) is 5.95 Å². The van der Waals surface area contributed by atoms with Crippen molar-refractivity contribution in [1.82, 2.24) is 15.2 Å². The van der Waals surface area contributed by atoms with Gasteiger partial charge in [-0.2, -0.15) is 4.98 Å². The number of carbonyl (C=O) groups excluding carboxylic acids is 1. The minimum Gasteiger partial charge on any atom is -0.381 e. The molecule has 7 heteroatoms. The first-order valence-electron chi connectivity index (χ1n) is 8.76. The quantitative estimate of drug-likeness (QED) is 0.890. The first-order valence-corrected chi connectivity index (χ1v) is 8.76. The van der Waals surface area contributed by atoms with Gasteiger partial charge in [-0.25, -0.2) is 0 Å². The fraction of sp³-hybridized carbons (Fsp3) is 0.500. The van der Waals surface area contributed by atoms with Gasteiger partial charge < -0.3 is 9.47 Å². The number of carbonyl (C=O) groups is 1. The number of nitrogens with zero attached hydrogens (tertiary/aromatic N) is 2. The Labute approximate surface area is 146 Å². The highest BCUT2D eigenvalue weighted by Gasteiger charge is 2.42. The summed E-state index contributed by atoms with van der Waals surface area (Å²) in [5, 5.41) is 9.92. The third kappa shape index (κ3) is 3.17. The van der Waals surface area contributed by atoms with Gasteiger partial charge in [-0.1, -0.05) is 30.3 Å². The second-order valence-corrected chi connectivity index (χ2v) is 6.56. The van der Waals surface area contributed by atoms with Crippen LogP contribution in [0.25, 0.3) is 0 Å². The highest BCUT2D eigenvalue weighted by molar-refractivity contribution is 5.98. The Balaban J connectivity index is 1.55. The van der Waals surface area contributed by atoms with E-state index in [1.54, 1.807) is 0 Å². The van der Waals surface area contributed by atoms with E-state index in [0.29, 0.717) is 37.8 Å². The van der Waals surface area contributed by atoms with Crippen molar-refractivity contribution in [3.05, 3.63) is 41.7 Å². The predicted molar refractivity (Wildman–Crippen MR) is 91.1 cm³/mol. The van der Waals surface area contributed by atoms with Crippen molar-refractivity contribution in [3.8, 4) is 0 Å². The summed E-state index contributed by atoms with van der Waals surface area (Å²) in [6.45, 7) is 1.87. The van der Waals surface area contributed by atoms with Gasteiger partial charge in [-0.15, -0.1) is 5.10 Å². The average Bonchev–Trinajstić information content (AvgIpc) is 3.34. The second kappa shape index (κ2) is 6.93. The Hall–Kier alpha value is -2.25. The Morgan fingerprint density at radius 2 is 2.00 bits per heavy atom. The number of amides is 1. The zero-order valence-corrected chi connectivity index (χ0v) is 14.0. The average molecular weight is 342 g/mol. The first kappa shape index (κ1) is 16.2. The number of benzene rings is 1. The second-order valence-electron chi connectivity index (χ2n) is 6.56. The van der Waals surface area contributed by atoms with Crippen molar-refractivity contribution in [2.45, 2.75) is 37.2 Å². The third-order valence-corrected chi connectivity index (χ3v) is 5.07. The molecule has 2 aliphatic heterocycles. The van der Waals surface area contributed by atoms with Crippen molar-refractivity contribution < 1.29 is 14.3 Å². The standard InChI is InChI=1S/C18H22N4O3/c23-16(20-17-19-15(21-22-17)14-7-4-10-25-14)18(8-11-24-12-9-18)13-5-2-1-3-6-13/h1-3,5-6,14H,4,7-12H2,(H2,19,20,21,22,23)/t14-/m0/s1. The monoisotopic (exact) mass is 342 g/mol. The van der Waals surface area contributed by atoms with Gasteiger partial charge in [0.15, 0.2) is 5.82 Å². The molecule has 3 heterocycles. The van der Waals surface area contributed by atoms with Crippen LogP contribution in [-0.4, -0.2) is 40.9 Å². The molecule has 2 aromatic rings. The maximum atomic E-state index is 13.1. The van der Waals surface area contributed by atoms with Crippen LogP contribution in [0.1, 0.15) is 43.2 Å². The van der Waals surface area contributed by atoms with Crippen LogP contribution >= 0.6 is 0 Å². The van der Waals surface area contributed by atoms with Crippen LogP contribution in [0.5, 0.6) is 0 Å². The summed E-state index contributed by atoms with van der Waals surface area (Å²) in [4.78, 5) is 17.5. The van der Waals surface area contributed by atoms with Crippen LogP contribution in [0.15, 0.2) is 30.3 Å². The number of anilines is 1. The van der Waals surface area contributed by atoms with E-state index < -0.39 is 5.41 Å². The van der Waals surface area contributed by atoms with Gasteiger partial charge in [0, 0.05) is 19.8 Å². The van der Waals surface area contributed by atoms with Gasteiger partial charge in [0.05, 0.1) is 5.41 Å². The molecule has 1 aromatic heterocycles. The molecule has 0 bridgehead atoms. The van der Waals surface area contributed by atoms with Crippen LogP contribution < -0.4 is 5.32 Å². The lowest BCUT2D eigenvalue weighted by Crippen LogP contribution is -2.45. The van der Waals surface area contributed by atoms with Gasteiger partial charge in [0.1, 0.15) is 6.10 Å². The molecule has 2 fully saturated rings. The fourth-order valence-corrected chi connectivity index (χ4v) is 3.61. The molecule has 2 aliphatic rings. The fourth-order valence-electron chi connectivity index (χ4n) is 3.61. The molecule has 0 radical (unpaired) electrons. The zero-order chi connectivity index (χ0) is 17.1. The molecule has 1 aromatic carbocycles. The van der Waals surface area contributed by atoms with E-state index in [1.807, 2.05) is 30.3 Å². The van der Waals surface area contributed by atoms with Gasteiger partial charge in [-0.3, -0.25) is 15.2 Å². The molecular formula is C18H22N4O3. The molecule has 2 N–H and O–H groups in total. The summed E-state index contributed by atoms with van der Waals surface area (Å²) in [5.41, 5.74) is 0.398. The lowest BCUT2D eigenvalue weighted by atomic mass is 9.73. The topological polar surface area (TPSA) is 89.1 Å². The van der Waals surface area contributed by atoms with E-state index in [4.69, 9.17) is 9.47 Å². The van der Waals surface area contributed by atoms with Crippen LogP contribution in [-0.2, 0) is 19.7 Å². The van der Waals surface area contributed by atoms with Crippen molar-refractivity contribution in [1.29, 1.82) is 0 Å². The van der Waals surface area contributed by atoms with Crippen molar-refractivity contribution in [3.63, 3.8) is 0 Å². The predicted octanol–water partition coefficient (Wildman–Crippen LogP) is 2.34. The Morgan fingerprint density at radius 1 is 1.20 bits per heavy atom. The summed E-state index contributed by atoms with van der Waals surface area (Å²) < 4.78 is 11.1. The van der Waals surface area contributed by atoms with Crippen LogP contribution in [0.2, 0.25) is 0 Å². The maximum absolute atomic E-state index is 13.1. The Morgan fingerprint density at radius 3 is 2.72 bits per heavy atom. The molecule has 4 rings (SSSR count). The van der Waals surface area contributed by atoms with Crippen LogP contribution in [0, 0.1) is 0 Å². The van der Waals surface area contributed by atoms with Gasteiger partial charge >= 0.3 is 0 Å². The number of H-pyrrole nitrogens is 1. The minimum absolute atomic E-state index is 0.0516. The number of ether oxygens (including phenoxy) is 2. The summed E-state index contributed by atoms with van der Waals surface area (Å²) in [7, 11) is 0. The number of nitrogens with one attached hydrogen (secondary N) is 2. The van der Waals surface area contributed by atoms with E-state index in [9.17, 15) is 4.79 Å². The molecule has 0 unspecified atom stereocenters. The number of rotatable bonds is 4. The largest absolute Gasteiger partial charge is 0.381 e. The SMILES string of the molecule is O=C(Nc1n[nH]c([C@@H]2CCCO2)n1)C1(c2ccccc2)CCOCC1. The number of aromatic amines is 1. The highest BCUT2D eigenvalue weighted by Crippen LogP contribution is 2.36. The molecule has 2 saturated heterocycles. The summed E-state index contributed by atoms with van der Waals surface area (Å²) in [5.74, 6) is 0.894. The number of hydrogen-bond donors (Lipinski definition) is 2. The van der Waals surface area contributed by atoms with Crippen molar-refractivity contribution in [2.24, 2.45) is 0 Å². The lowest BCUT2D eigenvalue weighted by Gasteiger charge is -2.35. The summed E-state index contributed by atoms with van der Waals surface area (Å²) in [6, 6.07) is 9.88. The minimum atomic E-state index is -0.607. The van der Waals surface area contributed by atoms with Crippen LogP contribution in [0.3, 0.4) is 0 Å². The molecule has 7 nitrogen and oxygen atoms in total. The maximum Gasteiger partial charge on any atom is 0.248 e. The Bertz CT molecular complexity index is 719. The molecule has 0 saturated carbocycles. The first-order chi connectivity index (χ1) is 12.3. The lowest BCUT2D eigenvalue weighted by molar-refractivity contribution is -0.125. The van der Waals surface area contributed by atoms with E-state index in [-0.39, 0.29) is 12.0 Å². The number of hydrogen-bond acceptors (Lipinski definition) is 5. The zero-order valence-electron chi connectivity index (χ0n) is 14.0. The van der Waals surface area contributed by atoms with E-state index >= 15 is 0 Å². The summed E-state index contributed by atoms with van der Waals surface area (Å²) in [6.07, 6.45) is 3.18. The molecule has 132 valence electrons. The highest BCUT2D eigenvalue weighted by atomic mass is 16.5. The number of aromatic nitrogens is 3. The molecular weight excluding hydrogens is 320 g/mol. The van der Waals surface area contributed by atoms with Crippen molar-refractivity contribution >= 4 is 11.9 Å². The normalized spacial score (nSPS) is 22.6.